The van der Waals surface area contributed by atoms with Crippen LogP contribution in [0.4, 0.5) is 0 Å². The average molecular weight is 398 g/mol. The lowest BCUT2D eigenvalue weighted by molar-refractivity contribution is -0.131. The van der Waals surface area contributed by atoms with Crippen LogP contribution in [-0.2, 0) is 17.8 Å². The second-order valence-corrected chi connectivity index (χ2v) is 6.98. The molecule has 0 saturated heterocycles. The Hall–Kier alpha value is -3.86. The lowest BCUT2D eigenvalue weighted by atomic mass is 10.0. The van der Waals surface area contributed by atoms with Crippen molar-refractivity contribution in [3.05, 3.63) is 102 Å². The maximum absolute atomic E-state index is 10.9. The Morgan fingerprint density at radius 1 is 1.07 bits per heavy atom. The molecule has 0 atom stereocenters. The van der Waals surface area contributed by atoms with E-state index in [4.69, 9.17) is 9.84 Å². The summed E-state index contributed by atoms with van der Waals surface area (Å²) < 4.78 is 7.94. The molecule has 150 valence electrons. The van der Waals surface area contributed by atoms with E-state index in [0.29, 0.717) is 18.9 Å². The summed E-state index contributed by atoms with van der Waals surface area (Å²) in [4.78, 5) is 10.9. The van der Waals surface area contributed by atoms with E-state index in [1.165, 1.54) is 16.3 Å². The molecule has 0 fully saturated rings. The molecule has 0 saturated carbocycles. The first-order chi connectivity index (χ1) is 14.7. The van der Waals surface area contributed by atoms with Gasteiger partial charge in [-0.05, 0) is 40.1 Å². The summed E-state index contributed by atoms with van der Waals surface area (Å²) in [6, 6.07) is 22.3. The third-order valence-electron chi connectivity index (χ3n) is 4.90. The number of hydrogen-bond donors (Lipinski definition) is 1. The number of carboxylic acids is 1. The van der Waals surface area contributed by atoms with Gasteiger partial charge in [0.15, 0.2) is 0 Å². The molecule has 0 spiro atoms. The molecule has 30 heavy (non-hydrogen) atoms. The van der Waals surface area contributed by atoms with E-state index in [2.05, 4.69) is 35.4 Å². The van der Waals surface area contributed by atoms with Crippen LogP contribution >= 0.6 is 0 Å². The molecule has 3 aromatic carbocycles. The number of carbonyl (C=O) groups is 1. The molecule has 5 heteroatoms. The fourth-order valence-electron chi connectivity index (χ4n) is 3.46. The molecule has 0 bridgehead atoms. The minimum atomic E-state index is -0.989. The molecule has 1 N–H and O–H groups in total. The highest BCUT2D eigenvalue weighted by Gasteiger charge is 2.07. The molecular weight excluding hydrogens is 376 g/mol. The number of ether oxygens (including phenoxy) is 1. The van der Waals surface area contributed by atoms with E-state index >= 15 is 0 Å². The second kappa shape index (κ2) is 9.09. The molecule has 4 aromatic rings. The minimum Gasteiger partial charge on any atom is -0.493 e. The monoisotopic (exact) mass is 398 g/mol. The quantitative estimate of drug-likeness (QED) is 0.433. The predicted octanol–water partition coefficient (Wildman–Crippen LogP) is 4.80. The van der Waals surface area contributed by atoms with Crippen LogP contribution in [0.2, 0.25) is 0 Å². The SMILES string of the molecule is O=C(O)/C=C/c1ccc(Cn2cccn2)cc1OCCc1cccc2ccccc12. The Bertz CT molecular complexity index is 1170. The Morgan fingerprint density at radius 2 is 1.93 bits per heavy atom. The smallest absolute Gasteiger partial charge is 0.328 e. The van der Waals surface area contributed by atoms with Gasteiger partial charge in [0.25, 0.3) is 0 Å². The highest BCUT2D eigenvalue weighted by atomic mass is 16.5. The van der Waals surface area contributed by atoms with Crippen LogP contribution in [0.3, 0.4) is 0 Å². The third-order valence-corrected chi connectivity index (χ3v) is 4.90. The van der Waals surface area contributed by atoms with Crippen molar-refractivity contribution < 1.29 is 14.6 Å². The van der Waals surface area contributed by atoms with E-state index in [9.17, 15) is 4.79 Å². The molecule has 0 radical (unpaired) electrons. The highest BCUT2D eigenvalue weighted by Crippen LogP contribution is 2.24. The Balaban J connectivity index is 1.53. The Morgan fingerprint density at radius 3 is 2.77 bits per heavy atom. The largest absolute Gasteiger partial charge is 0.493 e. The van der Waals surface area contributed by atoms with Crippen LogP contribution in [0.15, 0.2) is 85.2 Å². The van der Waals surface area contributed by atoms with Crippen molar-refractivity contribution in [1.82, 2.24) is 9.78 Å². The summed E-state index contributed by atoms with van der Waals surface area (Å²) in [5.41, 5.74) is 2.99. The van der Waals surface area contributed by atoms with Gasteiger partial charge in [0.05, 0.1) is 13.2 Å². The summed E-state index contributed by atoms with van der Waals surface area (Å²) in [7, 11) is 0. The molecule has 4 rings (SSSR count). The summed E-state index contributed by atoms with van der Waals surface area (Å²) in [6.07, 6.45) is 7.09. The molecule has 0 aliphatic rings. The molecule has 5 nitrogen and oxygen atoms in total. The van der Waals surface area contributed by atoms with Crippen molar-refractivity contribution in [3.8, 4) is 5.75 Å². The van der Waals surface area contributed by atoms with E-state index in [0.717, 1.165) is 23.6 Å². The Kier molecular flexibility index (Phi) is 5.90. The maximum Gasteiger partial charge on any atom is 0.328 e. The summed E-state index contributed by atoms with van der Waals surface area (Å²) >= 11 is 0. The zero-order chi connectivity index (χ0) is 20.8. The van der Waals surface area contributed by atoms with Gasteiger partial charge in [-0.15, -0.1) is 0 Å². The van der Waals surface area contributed by atoms with Gasteiger partial charge in [0.2, 0.25) is 0 Å². The number of rotatable bonds is 8. The van der Waals surface area contributed by atoms with Crippen molar-refractivity contribution >= 4 is 22.8 Å². The maximum atomic E-state index is 10.9. The zero-order valence-corrected chi connectivity index (χ0v) is 16.4. The third kappa shape index (κ3) is 4.75. The number of benzene rings is 3. The van der Waals surface area contributed by atoms with Crippen LogP contribution in [0, 0.1) is 0 Å². The van der Waals surface area contributed by atoms with Crippen LogP contribution in [0.5, 0.6) is 5.75 Å². The first-order valence-electron chi connectivity index (χ1n) is 9.80. The van der Waals surface area contributed by atoms with Crippen molar-refractivity contribution in [3.63, 3.8) is 0 Å². The number of hydrogen-bond acceptors (Lipinski definition) is 3. The van der Waals surface area contributed by atoms with Crippen molar-refractivity contribution in [2.75, 3.05) is 6.61 Å². The lowest BCUT2D eigenvalue weighted by Gasteiger charge is -2.13. The van der Waals surface area contributed by atoms with Gasteiger partial charge in [0.1, 0.15) is 5.75 Å². The summed E-state index contributed by atoms with van der Waals surface area (Å²) in [5.74, 6) is -0.324. The van der Waals surface area contributed by atoms with Gasteiger partial charge in [-0.1, -0.05) is 54.6 Å². The van der Waals surface area contributed by atoms with Crippen LogP contribution in [0.1, 0.15) is 16.7 Å². The molecule has 0 aliphatic carbocycles. The summed E-state index contributed by atoms with van der Waals surface area (Å²) in [6.45, 7) is 1.11. The van der Waals surface area contributed by atoms with E-state index in [1.807, 2.05) is 47.3 Å². The number of nitrogens with zero attached hydrogens (tertiary/aromatic N) is 2. The predicted molar refractivity (Wildman–Crippen MR) is 118 cm³/mol. The van der Waals surface area contributed by atoms with E-state index in [1.54, 1.807) is 12.3 Å². The van der Waals surface area contributed by atoms with Gasteiger partial charge in [0, 0.05) is 30.5 Å². The first-order valence-corrected chi connectivity index (χ1v) is 9.80. The van der Waals surface area contributed by atoms with Gasteiger partial charge < -0.3 is 9.84 Å². The Labute approximate surface area is 174 Å². The van der Waals surface area contributed by atoms with E-state index in [-0.39, 0.29) is 0 Å². The average Bonchev–Trinajstić information content (AvgIpc) is 3.26. The lowest BCUT2D eigenvalue weighted by Crippen LogP contribution is -2.05. The van der Waals surface area contributed by atoms with Crippen molar-refractivity contribution in [2.45, 2.75) is 13.0 Å². The molecule has 0 unspecified atom stereocenters. The second-order valence-electron chi connectivity index (χ2n) is 6.98. The number of fused-ring (bicyclic) bond motifs is 1. The number of aliphatic carboxylic acids is 1. The first kappa shape index (κ1) is 19.5. The minimum absolute atomic E-state index is 0.493. The van der Waals surface area contributed by atoms with Gasteiger partial charge in [-0.3, -0.25) is 4.68 Å². The summed E-state index contributed by atoms with van der Waals surface area (Å²) in [5, 5.41) is 15.6. The van der Waals surface area contributed by atoms with Gasteiger partial charge >= 0.3 is 5.97 Å². The van der Waals surface area contributed by atoms with Crippen LogP contribution < -0.4 is 4.74 Å². The normalized spacial score (nSPS) is 11.2. The standard InChI is InChI=1S/C25H22N2O3/c28-25(29)12-11-22-10-9-19(18-27-15-4-14-26-27)17-24(22)30-16-13-21-7-3-6-20-5-1-2-8-23(20)21/h1-12,14-15,17H,13,16,18H2,(H,28,29)/b12-11+. The van der Waals surface area contributed by atoms with Crippen molar-refractivity contribution in [1.29, 1.82) is 0 Å². The number of aromatic nitrogens is 2. The van der Waals surface area contributed by atoms with Crippen molar-refractivity contribution in [2.24, 2.45) is 0 Å². The van der Waals surface area contributed by atoms with Crippen LogP contribution in [0.25, 0.3) is 16.8 Å². The molecule has 0 amide bonds. The zero-order valence-electron chi connectivity index (χ0n) is 16.4. The van der Waals surface area contributed by atoms with E-state index < -0.39 is 5.97 Å². The van der Waals surface area contributed by atoms with Crippen LogP contribution in [-0.4, -0.2) is 27.5 Å². The molecular formula is C25H22N2O3. The van der Waals surface area contributed by atoms with Gasteiger partial charge in [-0.2, -0.15) is 5.10 Å². The van der Waals surface area contributed by atoms with Gasteiger partial charge in [-0.25, -0.2) is 4.79 Å². The fraction of sp³-hybridized carbons (Fsp3) is 0.120. The molecule has 1 aromatic heterocycles. The number of carboxylic acid groups (broad SMARTS) is 1. The highest BCUT2D eigenvalue weighted by molar-refractivity contribution is 5.86. The molecule has 0 aliphatic heterocycles. The fourth-order valence-corrected chi connectivity index (χ4v) is 3.46. The molecule has 1 heterocycles. The topological polar surface area (TPSA) is 64.3 Å².